The van der Waals surface area contributed by atoms with Gasteiger partial charge < -0.3 is 0 Å². The van der Waals surface area contributed by atoms with Crippen LogP contribution in [0.25, 0.3) is 0 Å². The Morgan fingerprint density at radius 2 is 2.07 bits per heavy atom. The highest BCUT2D eigenvalue weighted by Crippen LogP contribution is 2.23. The zero-order valence-electron chi connectivity index (χ0n) is 8.27. The fourth-order valence-corrected chi connectivity index (χ4v) is 1.87. The van der Waals surface area contributed by atoms with Crippen LogP contribution in [0.4, 0.5) is 8.78 Å². The molecule has 0 spiro atoms. The molecule has 0 aliphatic carbocycles. The maximum absolute atomic E-state index is 12.4. The third-order valence-electron chi connectivity index (χ3n) is 2.07. The summed E-state index contributed by atoms with van der Waals surface area (Å²) in [6.45, 7) is 1.49. The lowest BCUT2D eigenvalue weighted by molar-refractivity contribution is -0.116. The van der Waals surface area contributed by atoms with Gasteiger partial charge in [-0.15, -0.1) is 0 Å². The largest absolute Gasteiger partial charge is 0.300 e. The van der Waals surface area contributed by atoms with Crippen LogP contribution in [0, 0.1) is 0 Å². The van der Waals surface area contributed by atoms with Gasteiger partial charge in [0.1, 0.15) is 5.78 Å². The predicted molar refractivity (Wildman–Crippen MR) is 58.4 cm³/mol. The molecule has 4 heteroatoms. The number of hydrogen-bond donors (Lipinski definition) is 0. The van der Waals surface area contributed by atoms with Crippen molar-refractivity contribution in [2.24, 2.45) is 0 Å². The lowest BCUT2D eigenvalue weighted by atomic mass is 10.0. The summed E-state index contributed by atoms with van der Waals surface area (Å²) >= 11 is 3.23. The molecule has 0 N–H and O–H groups in total. The van der Waals surface area contributed by atoms with Crippen LogP contribution in [0.5, 0.6) is 0 Å². The van der Waals surface area contributed by atoms with Gasteiger partial charge in [0.25, 0.3) is 6.43 Å². The number of carbonyl (C=O) groups excluding carboxylic acids is 1. The Hall–Kier alpha value is -0.770. The van der Waals surface area contributed by atoms with Crippen molar-refractivity contribution in [2.75, 3.05) is 0 Å². The third kappa shape index (κ3) is 3.38. The van der Waals surface area contributed by atoms with E-state index in [4.69, 9.17) is 0 Å². The second-order valence-corrected chi connectivity index (χ2v) is 3.90. The number of benzene rings is 1. The molecule has 0 unspecified atom stereocenters. The van der Waals surface area contributed by atoms with Crippen LogP contribution in [0.1, 0.15) is 30.0 Å². The molecular formula is C11H11BrF2O. The van der Waals surface area contributed by atoms with Gasteiger partial charge in [-0.25, -0.2) is 8.78 Å². The number of hydrogen-bond acceptors (Lipinski definition) is 1. The average molecular weight is 277 g/mol. The summed E-state index contributed by atoms with van der Waals surface area (Å²) in [4.78, 5) is 10.9. The molecule has 1 rings (SSSR count). The molecule has 0 aliphatic heterocycles. The average Bonchev–Trinajstić information content (AvgIpc) is 2.17. The van der Waals surface area contributed by atoms with E-state index in [1.165, 1.54) is 19.1 Å². The molecule has 0 atom stereocenters. The van der Waals surface area contributed by atoms with Gasteiger partial charge in [0, 0.05) is 17.3 Å². The van der Waals surface area contributed by atoms with Crippen LogP contribution >= 0.6 is 15.9 Å². The fourth-order valence-electron chi connectivity index (χ4n) is 1.35. The Bertz CT molecular complexity index is 364. The first-order valence-corrected chi connectivity index (χ1v) is 5.62. The molecule has 0 aromatic heterocycles. The number of carbonyl (C=O) groups is 1. The highest BCUT2D eigenvalue weighted by atomic mass is 79.9. The molecule has 0 aliphatic rings. The van der Waals surface area contributed by atoms with Crippen LogP contribution in [0.2, 0.25) is 0 Å². The van der Waals surface area contributed by atoms with Gasteiger partial charge in [0.15, 0.2) is 0 Å². The summed E-state index contributed by atoms with van der Waals surface area (Å²) in [6.07, 6.45) is -2.17. The minimum atomic E-state index is -2.46. The molecule has 15 heavy (non-hydrogen) atoms. The predicted octanol–water partition coefficient (Wildman–Crippen LogP) is 3.65. The second kappa shape index (κ2) is 5.35. The molecular weight excluding hydrogens is 266 g/mol. The molecule has 1 aromatic rings. The minimum Gasteiger partial charge on any atom is -0.300 e. The fraction of sp³-hybridized carbons (Fsp3) is 0.364. The van der Waals surface area contributed by atoms with E-state index in [2.05, 4.69) is 15.9 Å². The van der Waals surface area contributed by atoms with Crippen molar-refractivity contribution in [3.05, 3.63) is 34.9 Å². The van der Waals surface area contributed by atoms with E-state index in [1.54, 1.807) is 6.07 Å². The Balaban J connectivity index is 3.03. The van der Waals surface area contributed by atoms with E-state index in [-0.39, 0.29) is 11.3 Å². The van der Waals surface area contributed by atoms with Crippen molar-refractivity contribution < 1.29 is 13.6 Å². The van der Waals surface area contributed by atoms with Gasteiger partial charge in [-0.3, -0.25) is 4.79 Å². The van der Waals surface area contributed by atoms with Crippen LogP contribution in [0.15, 0.2) is 18.2 Å². The molecule has 0 amide bonds. The molecule has 1 nitrogen and oxygen atoms in total. The summed E-state index contributed by atoms with van der Waals surface area (Å²) in [5.41, 5.74) is 1.56. The zero-order valence-corrected chi connectivity index (χ0v) is 9.85. The standard InChI is InChI=1S/C11H11BrF2O/c1-7(15)4-8-2-3-9(11(13)14)5-10(8)6-12/h2-3,5,11H,4,6H2,1H3. The molecule has 82 valence electrons. The van der Waals surface area contributed by atoms with Crippen LogP contribution in [0.3, 0.4) is 0 Å². The highest BCUT2D eigenvalue weighted by molar-refractivity contribution is 9.08. The van der Waals surface area contributed by atoms with E-state index in [1.807, 2.05) is 0 Å². The SMILES string of the molecule is CC(=O)Cc1ccc(C(F)F)cc1CBr. The van der Waals surface area contributed by atoms with Crippen LogP contribution in [-0.4, -0.2) is 5.78 Å². The van der Waals surface area contributed by atoms with Gasteiger partial charge in [0.2, 0.25) is 0 Å². The number of ketones is 1. The Kier molecular flexibility index (Phi) is 4.39. The molecule has 0 radical (unpaired) electrons. The monoisotopic (exact) mass is 276 g/mol. The van der Waals surface area contributed by atoms with Crippen LogP contribution in [-0.2, 0) is 16.5 Å². The van der Waals surface area contributed by atoms with Gasteiger partial charge in [0.05, 0.1) is 0 Å². The summed E-state index contributed by atoms with van der Waals surface area (Å²) in [7, 11) is 0. The zero-order chi connectivity index (χ0) is 11.4. The molecule has 1 aromatic carbocycles. The Labute approximate surface area is 95.6 Å². The van der Waals surface area contributed by atoms with Crippen molar-refractivity contribution in [1.29, 1.82) is 0 Å². The van der Waals surface area contributed by atoms with Gasteiger partial charge in [-0.2, -0.15) is 0 Å². The van der Waals surface area contributed by atoms with Crippen LogP contribution < -0.4 is 0 Å². The van der Waals surface area contributed by atoms with E-state index >= 15 is 0 Å². The summed E-state index contributed by atoms with van der Waals surface area (Å²) in [6, 6.07) is 4.41. The van der Waals surface area contributed by atoms with Crippen molar-refractivity contribution in [1.82, 2.24) is 0 Å². The maximum atomic E-state index is 12.4. The first kappa shape index (κ1) is 12.3. The molecule has 0 heterocycles. The van der Waals surface area contributed by atoms with E-state index in [0.717, 1.165) is 11.1 Å². The first-order chi connectivity index (χ1) is 7.04. The molecule has 0 saturated heterocycles. The first-order valence-electron chi connectivity index (χ1n) is 4.50. The van der Waals surface area contributed by atoms with Crippen molar-refractivity contribution in [2.45, 2.75) is 25.1 Å². The summed E-state index contributed by atoms with van der Waals surface area (Å²) in [5.74, 6) is 0.0296. The number of alkyl halides is 3. The highest BCUT2D eigenvalue weighted by Gasteiger charge is 2.10. The quantitative estimate of drug-likeness (QED) is 0.768. The lowest BCUT2D eigenvalue weighted by Crippen LogP contribution is -2.01. The van der Waals surface area contributed by atoms with Gasteiger partial charge in [-0.05, 0) is 24.1 Å². The third-order valence-corrected chi connectivity index (χ3v) is 2.67. The normalized spacial score (nSPS) is 10.7. The maximum Gasteiger partial charge on any atom is 0.263 e. The smallest absolute Gasteiger partial charge is 0.263 e. The van der Waals surface area contributed by atoms with Crippen molar-refractivity contribution in [3.8, 4) is 0 Å². The number of rotatable bonds is 4. The summed E-state index contributed by atoms with van der Waals surface area (Å²) in [5, 5.41) is 0.482. The molecule has 0 bridgehead atoms. The van der Waals surface area contributed by atoms with Gasteiger partial charge >= 0.3 is 0 Å². The Morgan fingerprint density at radius 1 is 1.40 bits per heavy atom. The summed E-state index contributed by atoms with van der Waals surface area (Å²) < 4.78 is 24.8. The van der Waals surface area contributed by atoms with Crippen molar-refractivity contribution in [3.63, 3.8) is 0 Å². The van der Waals surface area contributed by atoms with E-state index in [0.29, 0.717) is 11.8 Å². The number of Topliss-reactive ketones (excluding diaryl/α,β-unsaturated/α-hetero) is 1. The molecule has 0 saturated carbocycles. The van der Waals surface area contributed by atoms with Crippen molar-refractivity contribution >= 4 is 21.7 Å². The van der Waals surface area contributed by atoms with E-state index < -0.39 is 6.43 Å². The second-order valence-electron chi connectivity index (χ2n) is 3.34. The lowest BCUT2D eigenvalue weighted by Gasteiger charge is -2.08. The topological polar surface area (TPSA) is 17.1 Å². The number of halogens is 3. The van der Waals surface area contributed by atoms with Gasteiger partial charge in [-0.1, -0.05) is 28.1 Å². The molecule has 0 fully saturated rings. The minimum absolute atomic E-state index is 0.00301. The van der Waals surface area contributed by atoms with E-state index in [9.17, 15) is 13.6 Å². The Morgan fingerprint density at radius 3 is 2.53 bits per heavy atom.